The number of carbonyl (C=O) groups is 3. The van der Waals surface area contributed by atoms with Crippen LogP contribution < -0.4 is 10.2 Å². The first-order valence-corrected chi connectivity index (χ1v) is 13.6. The third-order valence-electron chi connectivity index (χ3n) is 5.77. The summed E-state index contributed by atoms with van der Waals surface area (Å²) in [5.41, 5.74) is 0.516. The number of rotatable bonds is 3. The zero-order valence-corrected chi connectivity index (χ0v) is 24.7. The second-order valence-corrected chi connectivity index (χ2v) is 10.4. The van der Waals surface area contributed by atoms with Gasteiger partial charge in [0.2, 0.25) is 0 Å². The van der Waals surface area contributed by atoms with E-state index in [9.17, 15) is 14.4 Å². The Bertz CT molecular complexity index is 1060. The van der Waals surface area contributed by atoms with E-state index in [1.165, 1.54) is 45.7 Å². The quantitative estimate of drug-likeness (QED) is 0.322. The number of esters is 2. The Morgan fingerprint density at radius 3 is 1.82 bits per heavy atom. The molecule has 4 rings (SSSR count). The van der Waals surface area contributed by atoms with Gasteiger partial charge >= 0.3 is 18.0 Å². The molecule has 2 saturated heterocycles. The number of nitrogens with one attached hydrogen (secondary N) is 1. The molecule has 2 aliphatic heterocycles. The second kappa shape index (κ2) is 16.6. The smallest absolute Gasteiger partial charge is 0.410 e. The normalized spacial score (nSPS) is 14.9. The molecule has 0 aromatic carbocycles. The maximum atomic E-state index is 11.5. The number of ether oxygens (including phenoxy) is 3. The first-order valence-electron chi connectivity index (χ1n) is 13.2. The molecule has 12 heteroatoms. The largest absolute Gasteiger partial charge is 0.465 e. The summed E-state index contributed by atoms with van der Waals surface area (Å²) in [6, 6.07) is 6.75. The lowest BCUT2D eigenvalue weighted by atomic mass is 10.1. The third kappa shape index (κ3) is 11.7. The van der Waals surface area contributed by atoms with E-state index < -0.39 is 5.97 Å². The Labute approximate surface area is 241 Å². The van der Waals surface area contributed by atoms with Crippen molar-refractivity contribution in [3.8, 4) is 0 Å². The molecule has 0 spiro atoms. The lowest BCUT2D eigenvalue weighted by molar-refractivity contribution is 0.0228. The lowest BCUT2D eigenvalue weighted by Gasteiger charge is -2.30. The Morgan fingerprint density at radius 2 is 1.38 bits per heavy atom. The minimum absolute atomic E-state index is 0.200. The van der Waals surface area contributed by atoms with Gasteiger partial charge in [0.1, 0.15) is 16.6 Å². The topological polar surface area (TPSA) is 123 Å². The van der Waals surface area contributed by atoms with Crippen LogP contribution in [0.15, 0.2) is 36.7 Å². The van der Waals surface area contributed by atoms with Gasteiger partial charge in [-0.1, -0.05) is 11.6 Å². The molecule has 2 aromatic rings. The first-order chi connectivity index (χ1) is 19.0. The molecular weight excluding hydrogens is 538 g/mol. The number of piperidine rings is 1. The van der Waals surface area contributed by atoms with Crippen LogP contribution in [0.1, 0.15) is 60.7 Å². The van der Waals surface area contributed by atoms with Crippen molar-refractivity contribution in [2.75, 3.05) is 58.4 Å². The molecule has 2 fully saturated rings. The summed E-state index contributed by atoms with van der Waals surface area (Å²) in [6.07, 6.45) is 6.50. The van der Waals surface area contributed by atoms with Gasteiger partial charge in [0.05, 0.1) is 25.3 Å². The SMILES string of the molecule is CC(C)(C)OC(=O)N1CCNCC1.COC(=O)c1ccc(Cl)nc1.COC(=O)c1ccc(N2CCCCC2)nc1. The molecular formula is C28H40ClN5O6. The van der Waals surface area contributed by atoms with Crippen molar-refractivity contribution in [2.24, 2.45) is 0 Å². The molecule has 40 heavy (non-hydrogen) atoms. The highest BCUT2D eigenvalue weighted by Crippen LogP contribution is 2.17. The van der Waals surface area contributed by atoms with Gasteiger partial charge in [-0.3, -0.25) is 0 Å². The number of amides is 1. The van der Waals surface area contributed by atoms with Crippen molar-refractivity contribution in [3.05, 3.63) is 52.9 Å². The number of anilines is 1. The Morgan fingerprint density at radius 1 is 0.825 bits per heavy atom. The van der Waals surface area contributed by atoms with Crippen molar-refractivity contribution < 1.29 is 28.6 Å². The summed E-state index contributed by atoms with van der Waals surface area (Å²) in [6.45, 7) is 11.0. The van der Waals surface area contributed by atoms with Gasteiger partial charge in [-0.05, 0) is 64.3 Å². The zero-order valence-electron chi connectivity index (χ0n) is 23.9. The predicted octanol–water partition coefficient (Wildman–Crippen LogP) is 4.21. The molecule has 2 aliphatic rings. The number of carbonyl (C=O) groups excluding carboxylic acids is 3. The van der Waals surface area contributed by atoms with E-state index in [2.05, 4.69) is 29.7 Å². The van der Waals surface area contributed by atoms with E-state index in [1.54, 1.807) is 23.2 Å². The number of aromatic nitrogens is 2. The predicted molar refractivity (Wildman–Crippen MR) is 153 cm³/mol. The molecule has 4 heterocycles. The summed E-state index contributed by atoms with van der Waals surface area (Å²) >= 11 is 5.50. The van der Waals surface area contributed by atoms with Crippen LogP contribution in [-0.4, -0.2) is 92.0 Å². The van der Waals surface area contributed by atoms with E-state index >= 15 is 0 Å². The molecule has 2 aromatic heterocycles. The fraction of sp³-hybridized carbons (Fsp3) is 0.536. The summed E-state index contributed by atoms with van der Waals surface area (Å²) in [7, 11) is 2.69. The van der Waals surface area contributed by atoms with Gasteiger partial charge in [0.25, 0.3) is 0 Å². The fourth-order valence-corrected chi connectivity index (χ4v) is 3.83. The number of pyridine rings is 2. The van der Waals surface area contributed by atoms with Crippen LogP contribution in [0.3, 0.4) is 0 Å². The van der Waals surface area contributed by atoms with Crippen molar-refractivity contribution in [2.45, 2.75) is 45.6 Å². The van der Waals surface area contributed by atoms with Crippen LogP contribution in [0, 0.1) is 0 Å². The highest BCUT2D eigenvalue weighted by Gasteiger charge is 2.22. The first kappa shape index (κ1) is 32.8. The Hall–Kier alpha value is -3.44. The van der Waals surface area contributed by atoms with Crippen LogP contribution in [0.2, 0.25) is 5.15 Å². The summed E-state index contributed by atoms with van der Waals surface area (Å²) in [5.74, 6) is 0.208. The maximum Gasteiger partial charge on any atom is 0.410 e. The molecule has 0 saturated carbocycles. The van der Waals surface area contributed by atoms with Crippen LogP contribution in [0.4, 0.5) is 10.6 Å². The fourth-order valence-electron chi connectivity index (χ4n) is 3.72. The van der Waals surface area contributed by atoms with Crippen LogP contribution in [0.5, 0.6) is 0 Å². The molecule has 11 nitrogen and oxygen atoms in total. The van der Waals surface area contributed by atoms with Crippen molar-refractivity contribution >= 4 is 35.5 Å². The second-order valence-electron chi connectivity index (χ2n) is 10.0. The number of hydrogen-bond acceptors (Lipinski definition) is 10. The van der Waals surface area contributed by atoms with Crippen LogP contribution >= 0.6 is 11.6 Å². The average molecular weight is 578 g/mol. The molecule has 0 atom stereocenters. The summed E-state index contributed by atoms with van der Waals surface area (Å²) in [4.78, 5) is 45.5. The lowest BCUT2D eigenvalue weighted by Crippen LogP contribution is -2.48. The van der Waals surface area contributed by atoms with E-state index in [0.29, 0.717) is 16.3 Å². The molecule has 0 bridgehead atoms. The van der Waals surface area contributed by atoms with Gasteiger partial charge in [-0.25, -0.2) is 24.4 Å². The zero-order chi connectivity index (χ0) is 29.5. The standard InChI is InChI=1S/C12H16N2O2.C9H18N2O2.C7H6ClNO2/c1-16-12(15)10-5-6-11(13-9-10)14-7-3-2-4-8-14;1-9(2,3)13-8(12)11-6-4-10-5-7-11;1-11-7(10)5-2-3-6(8)9-4-5/h5-6,9H,2-4,7-8H2,1H3;10H,4-7H2,1-3H3;2-4H,1H3. The number of nitrogens with zero attached hydrogens (tertiary/aromatic N) is 4. The van der Waals surface area contributed by atoms with E-state index in [-0.39, 0.29) is 17.7 Å². The van der Waals surface area contributed by atoms with Crippen molar-refractivity contribution in [1.29, 1.82) is 0 Å². The van der Waals surface area contributed by atoms with Crippen molar-refractivity contribution in [1.82, 2.24) is 20.2 Å². The Balaban J connectivity index is 0.000000214. The van der Waals surface area contributed by atoms with Gasteiger partial charge in [-0.2, -0.15) is 0 Å². The van der Waals surface area contributed by atoms with E-state index in [4.69, 9.17) is 16.3 Å². The molecule has 220 valence electrons. The summed E-state index contributed by atoms with van der Waals surface area (Å²) in [5, 5.41) is 3.54. The van der Waals surface area contributed by atoms with Crippen LogP contribution in [-0.2, 0) is 14.2 Å². The van der Waals surface area contributed by atoms with Gasteiger partial charge < -0.3 is 29.3 Å². The third-order valence-corrected chi connectivity index (χ3v) is 5.99. The van der Waals surface area contributed by atoms with Crippen molar-refractivity contribution in [3.63, 3.8) is 0 Å². The number of piperazine rings is 1. The number of halogens is 1. The molecule has 0 aliphatic carbocycles. The minimum atomic E-state index is -0.408. The minimum Gasteiger partial charge on any atom is -0.465 e. The maximum absolute atomic E-state index is 11.5. The highest BCUT2D eigenvalue weighted by atomic mass is 35.5. The van der Waals surface area contributed by atoms with E-state index in [1.807, 2.05) is 26.8 Å². The number of methoxy groups -OCH3 is 2. The molecule has 0 radical (unpaired) electrons. The van der Waals surface area contributed by atoms with E-state index in [0.717, 1.165) is 45.1 Å². The monoisotopic (exact) mass is 577 g/mol. The molecule has 1 amide bonds. The average Bonchev–Trinajstić information content (AvgIpc) is 2.97. The van der Waals surface area contributed by atoms with Gasteiger partial charge in [0.15, 0.2) is 0 Å². The molecule has 0 unspecified atom stereocenters. The summed E-state index contributed by atoms with van der Waals surface area (Å²) < 4.78 is 14.3. The number of hydrogen-bond donors (Lipinski definition) is 1. The van der Waals surface area contributed by atoms with Crippen LogP contribution in [0.25, 0.3) is 0 Å². The Kier molecular flexibility index (Phi) is 13.6. The van der Waals surface area contributed by atoms with Gasteiger partial charge in [-0.15, -0.1) is 0 Å². The van der Waals surface area contributed by atoms with Gasteiger partial charge in [0, 0.05) is 51.7 Å². The molecule has 1 N–H and O–H groups in total. The highest BCUT2D eigenvalue weighted by molar-refractivity contribution is 6.29.